The fraction of sp³-hybridized carbons (Fsp3) is 0.273. The summed E-state index contributed by atoms with van der Waals surface area (Å²) >= 11 is 0. The Kier molecular flexibility index (Phi) is 3.24. The fourth-order valence-corrected chi connectivity index (χ4v) is 1.57. The van der Waals surface area contributed by atoms with Crippen LogP contribution in [0.4, 0.5) is 0 Å². The Balaban J connectivity index is 1.90. The second-order valence-electron chi connectivity index (χ2n) is 3.71. The number of nitrogens with one attached hydrogen (secondary N) is 1. The monoisotopic (exact) mass is 235 g/mol. The summed E-state index contributed by atoms with van der Waals surface area (Å²) in [4.78, 5) is 10.8. The normalized spacial score (nSPS) is 10.6. The first-order chi connectivity index (χ1) is 8.16. The van der Waals surface area contributed by atoms with Crippen LogP contribution < -0.4 is 5.32 Å². The van der Waals surface area contributed by atoms with E-state index in [0.29, 0.717) is 18.7 Å². The van der Waals surface area contributed by atoms with Crippen molar-refractivity contribution in [2.75, 3.05) is 0 Å². The van der Waals surface area contributed by atoms with Crippen LogP contribution in [0.15, 0.2) is 29.1 Å². The van der Waals surface area contributed by atoms with E-state index in [1.165, 1.54) is 6.26 Å². The van der Waals surface area contributed by atoms with Crippen LogP contribution in [0.5, 0.6) is 0 Å². The van der Waals surface area contributed by atoms with E-state index in [0.717, 1.165) is 5.56 Å². The van der Waals surface area contributed by atoms with Crippen molar-refractivity contribution in [3.8, 4) is 0 Å². The van der Waals surface area contributed by atoms with E-state index >= 15 is 0 Å². The van der Waals surface area contributed by atoms with Crippen molar-refractivity contribution in [1.82, 2.24) is 15.1 Å². The van der Waals surface area contributed by atoms with Gasteiger partial charge >= 0.3 is 5.97 Å². The Bertz CT molecular complexity index is 516. The predicted octanol–water partition coefficient (Wildman–Crippen LogP) is 1.00. The van der Waals surface area contributed by atoms with Crippen LogP contribution in [-0.4, -0.2) is 20.9 Å². The molecule has 0 aliphatic rings. The number of hydrogen-bond donors (Lipinski definition) is 2. The first-order valence-corrected chi connectivity index (χ1v) is 5.14. The number of aromatic nitrogens is 2. The topological polar surface area (TPSA) is 80.3 Å². The zero-order valence-electron chi connectivity index (χ0n) is 9.38. The molecule has 6 nitrogen and oxygen atoms in total. The molecule has 0 radical (unpaired) electrons. The van der Waals surface area contributed by atoms with Gasteiger partial charge in [-0.2, -0.15) is 5.10 Å². The number of nitrogens with zero attached hydrogens (tertiary/aromatic N) is 2. The van der Waals surface area contributed by atoms with Gasteiger partial charge in [0.05, 0.1) is 12.5 Å². The van der Waals surface area contributed by atoms with E-state index in [9.17, 15) is 4.79 Å². The molecular formula is C11H13N3O3. The molecule has 0 atom stereocenters. The molecule has 2 heterocycles. The second-order valence-corrected chi connectivity index (χ2v) is 3.71. The number of furan rings is 1. The Labute approximate surface area is 97.9 Å². The minimum Gasteiger partial charge on any atom is -0.475 e. The third-order valence-electron chi connectivity index (χ3n) is 2.34. The molecule has 2 rings (SSSR count). The summed E-state index contributed by atoms with van der Waals surface area (Å²) in [6.07, 6.45) is 5.05. The number of aromatic carboxylic acids is 1. The Hall–Kier alpha value is -2.08. The van der Waals surface area contributed by atoms with Crippen molar-refractivity contribution in [1.29, 1.82) is 0 Å². The molecule has 0 unspecified atom stereocenters. The molecule has 2 N–H and O–H groups in total. The Morgan fingerprint density at radius 2 is 2.41 bits per heavy atom. The molecule has 0 aliphatic carbocycles. The molecule has 0 fully saturated rings. The highest BCUT2D eigenvalue weighted by molar-refractivity contribution is 5.86. The van der Waals surface area contributed by atoms with E-state index in [-0.39, 0.29) is 5.76 Å². The molecule has 17 heavy (non-hydrogen) atoms. The molecule has 2 aromatic heterocycles. The number of aryl methyl sites for hydroxylation is 1. The molecule has 0 saturated heterocycles. The van der Waals surface area contributed by atoms with Gasteiger partial charge in [0.15, 0.2) is 0 Å². The smallest absolute Gasteiger partial charge is 0.372 e. The molecule has 0 saturated carbocycles. The van der Waals surface area contributed by atoms with Gasteiger partial charge < -0.3 is 14.8 Å². The molecule has 0 aromatic carbocycles. The fourth-order valence-electron chi connectivity index (χ4n) is 1.57. The minimum absolute atomic E-state index is 0.0105. The largest absolute Gasteiger partial charge is 0.475 e. The van der Waals surface area contributed by atoms with Gasteiger partial charge in [0, 0.05) is 37.5 Å². The van der Waals surface area contributed by atoms with Gasteiger partial charge in [0.1, 0.15) is 0 Å². The van der Waals surface area contributed by atoms with Gasteiger partial charge in [-0.3, -0.25) is 4.68 Å². The van der Waals surface area contributed by atoms with E-state index < -0.39 is 5.97 Å². The van der Waals surface area contributed by atoms with Gasteiger partial charge in [-0.05, 0) is 6.07 Å². The highest BCUT2D eigenvalue weighted by Gasteiger charge is 2.13. The van der Waals surface area contributed by atoms with Gasteiger partial charge in [0.2, 0.25) is 5.76 Å². The summed E-state index contributed by atoms with van der Waals surface area (Å²) in [5.41, 5.74) is 1.69. The summed E-state index contributed by atoms with van der Waals surface area (Å²) < 4.78 is 6.60. The van der Waals surface area contributed by atoms with Crippen molar-refractivity contribution < 1.29 is 14.3 Å². The van der Waals surface area contributed by atoms with Crippen molar-refractivity contribution in [3.05, 3.63) is 41.6 Å². The number of rotatable bonds is 5. The van der Waals surface area contributed by atoms with Crippen LogP contribution in [0.25, 0.3) is 0 Å². The molecule has 0 aliphatic heterocycles. The van der Waals surface area contributed by atoms with Crippen LogP contribution in [0, 0.1) is 0 Å². The van der Waals surface area contributed by atoms with Crippen LogP contribution in [0.1, 0.15) is 21.7 Å². The minimum atomic E-state index is -1.05. The lowest BCUT2D eigenvalue weighted by Crippen LogP contribution is -2.14. The number of carbonyl (C=O) groups is 1. The highest BCUT2D eigenvalue weighted by Crippen LogP contribution is 2.10. The van der Waals surface area contributed by atoms with Gasteiger partial charge in [-0.1, -0.05) is 0 Å². The van der Waals surface area contributed by atoms with E-state index in [1.807, 2.05) is 13.2 Å². The standard InChI is InChI=1S/C11H13N3O3/c1-14-7-8(5-13-14)4-12-6-9-2-3-17-10(9)11(15)16/h2-3,5,7,12H,4,6H2,1H3,(H,15,16). The SMILES string of the molecule is Cn1cc(CNCc2ccoc2C(=O)O)cn1. The lowest BCUT2D eigenvalue weighted by atomic mass is 10.2. The highest BCUT2D eigenvalue weighted by atomic mass is 16.4. The van der Waals surface area contributed by atoms with Gasteiger partial charge in [-0.25, -0.2) is 4.79 Å². The Morgan fingerprint density at radius 3 is 3.06 bits per heavy atom. The average Bonchev–Trinajstić information content (AvgIpc) is 2.87. The van der Waals surface area contributed by atoms with E-state index in [2.05, 4.69) is 10.4 Å². The average molecular weight is 235 g/mol. The van der Waals surface area contributed by atoms with Crippen molar-refractivity contribution in [3.63, 3.8) is 0 Å². The maximum Gasteiger partial charge on any atom is 0.372 e. The van der Waals surface area contributed by atoms with Crippen molar-refractivity contribution >= 4 is 5.97 Å². The number of carboxylic acid groups (broad SMARTS) is 1. The van der Waals surface area contributed by atoms with Gasteiger partial charge in [-0.15, -0.1) is 0 Å². The van der Waals surface area contributed by atoms with E-state index in [4.69, 9.17) is 9.52 Å². The molecule has 2 aromatic rings. The maximum atomic E-state index is 10.8. The summed E-state index contributed by atoms with van der Waals surface area (Å²) in [6.45, 7) is 1.09. The van der Waals surface area contributed by atoms with Crippen LogP contribution >= 0.6 is 0 Å². The maximum absolute atomic E-state index is 10.8. The summed E-state index contributed by atoms with van der Waals surface area (Å²) in [5.74, 6) is -1.06. The number of hydrogen-bond acceptors (Lipinski definition) is 4. The zero-order chi connectivity index (χ0) is 12.3. The summed E-state index contributed by atoms with van der Waals surface area (Å²) in [5, 5.41) is 16.0. The van der Waals surface area contributed by atoms with E-state index in [1.54, 1.807) is 16.9 Å². The lowest BCUT2D eigenvalue weighted by Gasteiger charge is -2.01. The number of carboxylic acids is 1. The zero-order valence-corrected chi connectivity index (χ0v) is 9.38. The van der Waals surface area contributed by atoms with Crippen LogP contribution in [-0.2, 0) is 20.1 Å². The van der Waals surface area contributed by atoms with Crippen LogP contribution in [0.2, 0.25) is 0 Å². The quantitative estimate of drug-likeness (QED) is 0.808. The molecular weight excluding hydrogens is 222 g/mol. The first-order valence-electron chi connectivity index (χ1n) is 5.14. The van der Waals surface area contributed by atoms with Crippen molar-refractivity contribution in [2.45, 2.75) is 13.1 Å². The van der Waals surface area contributed by atoms with Crippen LogP contribution in [0.3, 0.4) is 0 Å². The van der Waals surface area contributed by atoms with Crippen molar-refractivity contribution in [2.24, 2.45) is 7.05 Å². The third-order valence-corrected chi connectivity index (χ3v) is 2.34. The predicted molar refractivity (Wildman–Crippen MR) is 59.4 cm³/mol. The molecule has 0 bridgehead atoms. The third kappa shape index (κ3) is 2.73. The summed E-state index contributed by atoms with van der Waals surface area (Å²) in [6, 6.07) is 1.65. The summed E-state index contributed by atoms with van der Waals surface area (Å²) in [7, 11) is 1.85. The molecule has 90 valence electrons. The molecule has 0 amide bonds. The molecule has 0 spiro atoms. The molecule has 6 heteroatoms. The first kappa shape index (κ1) is 11.4. The van der Waals surface area contributed by atoms with Gasteiger partial charge in [0.25, 0.3) is 0 Å². The lowest BCUT2D eigenvalue weighted by molar-refractivity contribution is 0.0660. The Morgan fingerprint density at radius 1 is 1.59 bits per heavy atom. The second kappa shape index (κ2) is 4.84.